The lowest BCUT2D eigenvalue weighted by Gasteiger charge is -2.35. The average molecular weight is 455 g/mol. The zero-order valence-electron chi connectivity index (χ0n) is 19.4. The molecule has 0 N–H and O–H groups in total. The van der Waals surface area contributed by atoms with Gasteiger partial charge in [-0.05, 0) is 55.7 Å². The first-order chi connectivity index (χ1) is 15.4. The van der Waals surface area contributed by atoms with Crippen LogP contribution in [0.25, 0.3) is 0 Å². The molecule has 0 atom stereocenters. The van der Waals surface area contributed by atoms with Crippen molar-refractivity contribution in [2.45, 2.75) is 32.3 Å². The van der Waals surface area contributed by atoms with Gasteiger partial charge in [0.05, 0.1) is 25.5 Å². The molecule has 0 aliphatic carbocycles. The number of nitrogens with zero attached hydrogens (tertiary/aromatic N) is 4. The van der Waals surface area contributed by atoms with E-state index in [1.165, 1.54) is 17.3 Å². The Hall–Kier alpha value is -2.76. The number of aryl methyl sites for hydroxylation is 3. The molecule has 1 amide bonds. The van der Waals surface area contributed by atoms with Gasteiger partial charge in [-0.15, -0.1) is 0 Å². The Morgan fingerprint density at radius 3 is 2.34 bits per heavy atom. The number of piperazine rings is 1. The van der Waals surface area contributed by atoms with E-state index in [0.717, 1.165) is 48.0 Å². The minimum atomic E-state index is 0.0850. The van der Waals surface area contributed by atoms with Crippen LogP contribution < -0.4 is 9.47 Å². The topological polar surface area (TPSA) is 78.7 Å². The zero-order chi connectivity index (χ0) is 23.3. The largest absolute Gasteiger partial charge is 0.493 e. The van der Waals surface area contributed by atoms with Gasteiger partial charge in [-0.3, -0.25) is 9.69 Å². The molecule has 32 heavy (non-hydrogen) atoms. The summed E-state index contributed by atoms with van der Waals surface area (Å²) >= 11 is 1.35. The van der Waals surface area contributed by atoms with Crippen molar-refractivity contribution in [3.05, 3.63) is 46.1 Å². The molecule has 0 unspecified atom stereocenters. The molecule has 1 aliphatic heterocycles. The minimum Gasteiger partial charge on any atom is -0.493 e. The lowest BCUT2D eigenvalue weighted by atomic mass is 10.1. The maximum Gasteiger partial charge on any atom is 0.233 e. The Labute approximate surface area is 194 Å². The van der Waals surface area contributed by atoms with Gasteiger partial charge in [-0.25, -0.2) is 4.98 Å². The van der Waals surface area contributed by atoms with Gasteiger partial charge in [0, 0.05) is 38.4 Å². The van der Waals surface area contributed by atoms with Gasteiger partial charge in [0.15, 0.2) is 11.5 Å². The number of benzene rings is 1. The first kappa shape index (κ1) is 23.9. The number of methoxy groups -OCH3 is 2. The van der Waals surface area contributed by atoms with E-state index in [1.807, 2.05) is 36.9 Å². The average Bonchev–Trinajstić information content (AvgIpc) is 2.78. The molecular formula is C24H30N4O3S. The maximum atomic E-state index is 12.8. The number of carbonyl (C=O) groups excluding carboxylic acids is 1. The first-order valence-electron chi connectivity index (χ1n) is 10.6. The van der Waals surface area contributed by atoms with E-state index < -0.39 is 0 Å². The van der Waals surface area contributed by atoms with Gasteiger partial charge in [0.1, 0.15) is 11.1 Å². The molecule has 2 heterocycles. The molecule has 170 valence electrons. The van der Waals surface area contributed by atoms with Crippen molar-refractivity contribution in [3.8, 4) is 17.6 Å². The van der Waals surface area contributed by atoms with E-state index >= 15 is 0 Å². The van der Waals surface area contributed by atoms with Crippen LogP contribution in [0.1, 0.15) is 27.9 Å². The van der Waals surface area contributed by atoms with Gasteiger partial charge >= 0.3 is 0 Å². The van der Waals surface area contributed by atoms with E-state index in [9.17, 15) is 10.1 Å². The predicted molar refractivity (Wildman–Crippen MR) is 125 cm³/mol. The summed E-state index contributed by atoms with van der Waals surface area (Å²) in [6.07, 6.45) is 0. The highest BCUT2D eigenvalue weighted by atomic mass is 32.2. The number of hydrogen-bond donors (Lipinski definition) is 0. The third-order valence-corrected chi connectivity index (χ3v) is 6.68. The molecule has 1 aromatic heterocycles. The molecule has 0 spiro atoms. The van der Waals surface area contributed by atoms with E-state index in [2.05, 4.69) is 22.9 Å². The molecule has 8 heteroatoms. The second-order valence-electron chi connectivity index (χ2n) is 7.95. The van der Waals surface area contributed by atoms with Crippen molar-refractivity contribution in [1.82, 2.24) is 14.8 Å². The van der Waals surface area contributed by atoms with Crippen molar-refractivity contribution in [1.29, 1.82) is 5.26 Å². The van der Waals surface area contributed by atoms with Gasteiger partial charge in [-0.2, -0.15) is 5.26 Å². The molecule has 7 nitrogen and oxygen atoms in total. The number of rotatable bonds is 7. The van der Waals surface area contributed by atoms with Crippen LogP contribution in [0.5, 0.6) is 11.5 Å². The molecule has 3 rings (SSSR count). The summed E-state index contributed by atoms with van der Waals surface area (Å²) in [5.74, 6) is 1.84. The van der Waals surface area contributed by atoms with Crippen LogP contribution >= 0.6 is 11.8 Å². The summed E-state index contributed by atoms with van der Waals surface area (Å²) in [5, 5.41) is 10.1. The molecule has 1 fully saturated rings. The zero-order valence-corrected chi connectivity index (χ0v) is 20.2. The van der Waals surface area contributed by atoms with E-state index in [4.69, 9.17) is 9.47 Å². The third-order valence-electron chi connectivity index (χ3n) is 5.72. The van der Waals surface area contributed by atoms with Crippen LogP contribution in [0.15, 0.2) is 23.2 Å². The molecular weight excluding hydrogens is 424 g/mol. The third kappa shape index (κ3) is 5.53. The number of carbonyl (C=O) groups is 1. The van der Waals surface area contributed by atoms with E-state index in [-0.39, 0.29) is 5.91 Å². The second kappa shape index (κ2) is 10.7. The summed E-state index contributed by atoms with van der Waals surface area (Å²) < 4.78 is 10.8. The number of aromatic nitrogens is 1. The molecule has 1 aromatic carbocycles. The smallest absolute Gasteiger partial charge is 0.233 e. The number of hydrogen-bond acceptors (Lipinski definition) is 7. The fourth-order valence-corrected chi connectivity index (χ4v) is 4.86. The van der Waals surface area contributed by atoms with Gasteiger partial charge in [0.25, 0.3) is 0 Å². The molecule has 0 saturated carbocycles. The highest BCUT2D eigenvalue weighted by Crippen LogP contribution is 2.31. The highest BCUT2D eigenvalue weighted by molar-refractivity contribution is 8.00. The highest BCUT2D eigenvalue weighted by Gasteiger charge is 2.23. The Kier molecular flexibility index (Phi) is 7.99. The number of amides is 1. The summed E-state index contributed by atoms with van der Waals surface area (Å²) in [7, 11) is 3.29. The van der Waals surface area contributed by atoms with E-state index in [1.54, 1.807) is 14.2 Å². The Bertz CT molecular complexity index is 1030. The molecule has 0 radical (unpaired) electrons. The Morgan fingerprint density at radius 1 is 1.06 bits per heavy atom. The van der Waals surface area contributed by atoms with Crippen LogP contribution in [-0.2, 0) is 11.3 Å². The number of pyridine rings is 1. The molecule has 2 aromatic rings. The summed E-state index contributed by atoms with van der Waals surface area (Å²) in [6, 6.07) is 8.14. The maximum absolute atomic E-state index is 12.8. The van der Waals surface area contributed by atoms with Crippen LogP contribution in [0.4, 0.5) is 0 Å². The summed E-state index contributed by atoms with van der Waals surface area (Å²) in [6.45, 7) is 9.70. The van der Waals surface area contributed by atoms with Crippen molar-refractivity contribution < 1.29 is 14.3 Å². The van der Waals surface area contributed by atoms with Crippen LogP contribution in [-0.4, -0.2) is 66.8 Å². The Balaban J connectivity index is 1.55. The standard InChI is InChI=1S/C24H30N4O3S/c1-16-11-21(30-4)22(31-5)12-19(16)14-27-6-8-28(9-7-27)23(29)15-32-24-20(13-25)17(2)10-18(3)26-24/h10-12H,6-9,14-15H2,1-5H3. The van der Waals surface area contributed by atoms with E-state index in [0.29, 0.717) is 29.4 Å². The monoisotopic (exact) mass is 454 g/mol. The number of ether oxygens (including phenoxy) is 2. The van der Waals surface area contributed by atoms with Gasteiger partial charge in [0.2, 0.25) is 5.91 Å². The lowest BCUT2D eigenvalue weighted by Crippen LogP contribution is -2.48. The van der Waals surface area contributed by atoms with Gasteiger partial charge < -0.3 is 14.4 Å². The minimum absolute atomic E-state index is 0.0850. The summed E-state index contributed by atoms with van der Waals surface area (Å²) in [5.41, 5.74) is 4.67. The fraction of sp³-hybridized carbons (Fsp3) is 0.458. The molecule has 1 aliphatic rings. The molecule has 0 bridgehead atoms. The lowest BCUT2D eigenvalue weighted by molar-refractivity contribution is -0.130. The quantitative estimate of drug-likeness (QED) is 0.594. The SMILES string of the molecule is COc1cc(C)c(CN2CCN(C(=O)CSc3nc(C)cc(C)c3C#N)CC2)cc1OC. The first-order valence-corrected chi connectivity index (χ1v) is 11.6. The normalized spacial score (nSPS) is 14.2. The fourth-order valence-electron chi connectivity index (χ4n) is 3.85. The number of thioether (sulfide) groups is 1. The second-order valence-corrected chi connectivity index (χ2v) is 8.92. The number of nitriles is 1. The summed E-state index contributed by atoms with van der Waals surface area (Å²) in [4.78, 5) is 21.5. The van der Waals surface area contributed by atoms with Crippen molar-refractivity contribution in [3.63, 3.8) is 0 Å². The van der Waals surface area contributed by atoms with Crippen LogP contribution in [0.2, 0.25) is 0 Å². The van der Waals surface area contributed by atoms with Crippen molar-refractivity contribution in [2.75, 3.05) is 46.2 Å². The van der Waals surface area contributed by atoms with Crippen LogP contribution in [0, 0.1) is 32.1 Å². The van der Waals surface area contributed by atoms with Crippen molar-refractivity contribution in [2.24, 2.45) is 0 Å². The molecule has 1 saturated heterocycles. The van der Waals surface area contributed by atoms with Crippen LogP contribution in [0.3, 0.4) is 0 Å². The predicted octanol–water partition coefficient (Wildman–Crippen LogP) is 3.33. The van der Waals surface area contributed by atoms with Crippen molar-refractivity contribution >= 4 is 17.7 Å². The van der Waals surface area contributed by atoms with Gasteiger partial charge in [-0.1, -0.05) is 11.8 Å². The Morgan fingerprint density at radius 2 is 1.72 bits per heavy atom.